The van der Waals surface area contributed by atoms with Crippen molar-refractivity contribution in [3.8, 4) is 16.1 Å². The Morgan fingerprint density at radius 1 is 1.31 bits per heavy atom. The Morgan fingerprint density at radius 3 is 2.88 bits per heavy atom. The maximum absolute atomic E-state index is 12.6. The Hall–Kier alpha value is -2.58. The Kier molecular flexibility index (Phi) is 6.08. The second kappa shape index (κ2) is 8.68. The van der Waals surface area contributed by atoms with E-state index in [-0.39, 0.29) is 5.91 Å². The lowest BCUT2D eigenvalue weighted by molar-refractivity contribution is 0.0944. The summed E-state index contributed by atoms with van der Waals surface area (Å²) in [6.45, 7) is 5.90. The molecular formula is C18H21N5O2S. The van der Waals surface area contributed by atoms with E-state index in [2.05, 4.69) is 39.2 Å². The number of amides is 1. The predicted molar refractivity (Wildman–Crippen MR) is 101 cm³/mol. The zero-order valence-corrected chi connectivity index (χ0v) is 15.6. The van der Waals surface area contributed by atoms with Gasteiger partial charge in [0.15, 0.2) is 0 Å². The van der Waals surface area contributed by atoms with Crippen LogP contribution in [0.4, 0.5) is 0 Å². The van der Waals surface area contributed by atoms with Crippen molar-refractivity contribution < 1.29 is 9.53 Å². The molecule has 1 aromatic carbocycles. The molecule has 1 amide bonds. The number of carbonyl (C=O) groups excluding carboxylic acids is 1. The fraction of sp³-hybridized carbons (Fsp3) is 0.333. The van der Waals surface area contributed by atoms with Crippen LogP contribution in [0.15, 0.2) is 36.0 Å². The third-order valence-corrected chi connectivity index (χ3v) is 4.86. The highest BCUT2D eigenvalue weighted by molar-refractivity contribution is 7.13. The number of tetrazole rings is 1. The first-order valence-corrected chi connectivity index (χ1v) is 9.35. The van der Waals surface area contributed by atoms with Crippen molar-refractivity contribution in [3.63, 3.8) is 0 Å². The Labute approximate surface area is 156 Å². The molecule has 0 radical (unpaired) electrons. The molecule has 0 saturated carbocycles. The number of ether oxygens (including phenoxy) is 1. The average molecular weight is 371 g/mol. The number of aryl methyl sites for hydroxylation is 1. The highest BCUT2D eigenvalue weighted by Gasteiger charge is 2.12. The first-order valence-electron chi connectivity index (χ1n) is 8.47. The Morgan fingerprint density at radius 2 is 2.19 bits per heavy atom. The van der Waals surface area contributed by atoms with E-state index >= 15 is 0 Å². The minimum absolute atomic E-state index is 0.119. The van der Waals surface area contributed by atoms with Crippen molar-refractivity contribution in [1.82, 2.24) is 25.5 Å². The molecule has 0 bridgehead atoms. The zero-order valence-electron chi connectivity index (χ0n) is 14.8. The molecule has 2 heterocycles. The van der Waals surface area contributed by atoms with Crippen LogP contribution in [0.5, 0.6) is 0 Å². The van der Waals surface area contributed by atoms with Gasteiger partial charge in [-0.3, -0.25) is 4.79 Å². The number of nitrogens with one attached hydrogen (secondary N) is 1. The molecule has 0 aliphatic heterocycles. The average Bonchev–Trinajstić information content (AvgIpc) is 3.33. The van der Waals surface area contributed by atoms with E-state index in [0.717, 1.165) is 22.5 Å². The van der Waals surface area contributed by atoms with Crippen LogP contribution < -0.4 is 5.32 Å². The fourth-order valence-corrected chi connectivity index (χ4v) is 3.39. The summed E-state index contributed by atoms with van der Waals surface area (Å²) in [7, 11) is 0. The van der Waals surface area contributed by atoms with Gasteiger partial charge in [0.05, 0.1) is 5.69 Å². The molecule has 8 heteroatoms. The van der Waals surface area contributed by atoms with Gasteiger partial charge in [0.25, 0.3) is 5.91 Å². The summed E-state index contributed by atoms with van der Waals surface area (Å²) in [6, 6.07) is 7.77. The van der Waals surface area contributed by atoms with E-state index in [1.54, 1.807) is 22.1 Å². The molecule has 0 atom stereocenters. The summed E-state index contributed by atoms with van der Waals surface area (Å²) in [5, 5.41) is 16.3. The van der Waals surface area contributed by atoms with Gasteiger partial charge in [-0.2, -0.15) is 0 Å². The topological polar surface area (TPSA) is 81.9 Å². The van der Waals surface area contributed by atoms with Gasteiger partial charge < -0.3 is 10.1 Å². The molecule has 7 nitrogen and oxygen atoms in total. The van der Waals surface area contributed by atoms with Gasteiger partial charge in [0, 0.05) is 30.2 Å². The fourth-order valence-electron chi connectivity index (χ4n) is 2.50. The first kappa shape index (κ1) is 18.2. The molecule has 0 fully saturated rings. The molecule has 3 aromatic rings. The molecule has 136 valence electrons. The van der Waals surface area contributed by atoms with Crippen LogP contribution in [-0.4, -0.2) is 45.9 Å². The number of hydrogen-bond donors (Lipinski definition) is 1. The van der Waals surface area contributed by atoms with Gasteiger partial charge in [0.2, 0.25) is 0 Å². The normalized spacial score (nSPS) is 10.8. The molecule has 0 saturated heterocycles. The molecule has 0 aliphatic carbocycles. The third-order valence-electron chi connectivity index (χ3n) is 3.76. The van der Waals surface area contributed by atoms with Gasteiger partial charge in [-0.25, -0.2) is 4.68 Å². The highest BCUT2D eigenvalue weighted by atomic mass is 32.1. The summed E-state index contributed by atoms with van der Waals surface area (Å²) in [6.07, 6.45) is 2.30. The van der Waals surface area contributed by atoms with E-state index in [1.165, 1.54) is 11.9 Å². The molecule has 1 N–H and O–H groups in total. The summed E-state index contributed by atoms with van der Waals surface area (Å²) in [5.41, 5.74) is 3.49. The van der Waals surface area contributed by atoms with Crippen molar-refractivity contribution in [2.75, 3.05) is 19.8 Å². The second-order valence-corrected chi connectivity index (χ2v) is 6.73. The van der Waals surface area contributed by atoms with Gasteiger partial charge in [-0.1, -0.05) is 0 Å². The minimum Gasteiger partial charge on any atom is -0.382 e. The van der Waals surface area contributed by atoms with Crippen molar-refractivity contribution in [3.05, 3.63) is 47.1 Å². The molecule has 0 unspecified atom stereocenters. The zero-order chi connectivity index (χ0) is 18.4. The summed E-state index contributed by atoms with van der Waals surface area (Å²) < 4.78 is 6.84. The summed E-state index contributed by atoms with van der Waals surface area (Å²) in [5.74, 6) is -0.119. The SMILES string of the molecule is CCOCCCNC(=O)c1cc(-c2cc(C)cs2)cc(-n2cnnn2)c1. The molecule has 2 aromatic heterocycles. The van der Waals surface area contributed by atoms with Gasteiger partial charge >= 0.3 is 0 Å². The maximum Gasteiger partial charge on any atom is 0.251 e. The number of rotatable bonds is 8. The monoisotopic (exact) mass is 371 g/mol. The minimum atomic E-state index is -0.119. The van der Waals surface area contributed by atoms with Gasteiger partial charge in [-0.05, 0) is 71.5 Å². The van der Waals surface area contributed by atoms with Crippen molar-refractivity contribution in [1.29, 1.82) is 0 Å². The van der Waals surface area contributed by atoms with E-state index in [0.29, 0.717) is 25.3 Å². The smallest absolute Gasteiger partial charge is 0.251 e. The number of aromatic nitrogens is 4. The summed E-state index contributed by atoms with van der Waals surface area (Å²) >= 11 is 1.65. The van der Waals surface area contributed by atoms with Crippen molar-refractivity contribution >= 4 is 17.2 Å². The third kappa shape index (κ3) is 4.53. The van der Waals surface area contributed by atoms with Crippen molar-refractivity contribution in [2.45, 2.75) is 20.3 Å². The van der Waals surface area contributed by atoms with Gasteiger partial charge in [-0.15, -0.1) is 16.4 Å². The largest absolute Gasteiger partial charge is 0.382 e. The number of carbonyl (C=O) groups is 1. The van der Waals surface area contributed by atoms with E-state index in [1.807, 2.05) is 19.1 Å². The molecule has 26 heavy (non-hydrogen) atoms. The Bertz CT molecular complexity index is 860. The van der Waals surface area contributed by atoms with Crippen LogP contribution in [-0.2, 0) is 4.74 Å². The molecule has 3 rings (SSSR count). The van der Waals surface area contributed by atoms with Crippen LogP contribution in [0, 0.1) is 6.92 Å². The molecular weight excluding hydrogens is 350 g/mol. The van der Waals surface area contributed by atoms with Crippen molar-refractivity contribution in [2.24, 2.45) is 0 Å². The molecule has 0 spiro atoms. The lowest BCUT2D eigenvalue weighted by Gasteiger charge is -2.09. The number of thiophene rings is 1. The van der Waals surface area contributed by atoms with Crippen LogP contribution in [0.3, 0.4) is 0 Å². The number of nitrogens with zero attached hydrogens (tertiary/aromatic N) is 4. The quantitative estimate of drug-likeness (QED) is 0.616. The molecule has 0 aliphatic rings. The second-order valence-electron chi connectivity index (χ2n) is 5.82. The lowest BCUT2D eigenvalue weighted by Crippen LogP contribution is -2.25. The highest BCUT2D eigenvalue weighted by Crippen LogP contribution is 2.29. The van der Waals surface area contributed by atoms with Crippen LogP contribution in [0.1, 0.15) is 29.3 Å². The summed E-state index contributed by atoms with van der Waals surface area (Å²) in [4.78, 5) is 13.7. The van der Waals surface area contributed by atoms with E-state index in [4.69, 9.17) is 4.74 Å². The van der Waals surface area contributed by atoms with E-state index < -0.39 is 0 Å². The lowest BCUT2D eigenvalue weighted by atomic mass is 10.1. The maximum atomic E-state index is 12.6. The number of hydrogen-bond acceptors (Lipinski definition) is 6. The van der Waals surface area contributed by atoms with Crippen LogP contribution in [0.25, 0.3) is 16.1 Å². The predicted octanol–water partition coefficient (Wildman–Crippen LogP) is 2.86. The van der Waals surface area contributed by atoms with Gasteiger partial charge in [0.1, 0.15) is 6.33 Å². The number of benzene rings is 1. The first-order chi connectivity index (χ1) is 12.7. The Balaban J connectivity index is 1.84. The van der Waals surface area contributed by atoms with Crippen LogP contribution >= 0.6 is 11.3 Å². The van der Waals surface area contributed by atoms with E-state index in [9.17, 15) is 4.79 Å². The van der Waals surface area contributed by atoms with Crippen LogP contribution in [0.2, 0.25) is 0 Å². The standard InChI is InChI=1S/C18H21N5O2S/c1-3-25-6-4-5-19-18(24)15-8-14(17-7-13(2)11-26-17)9-16(10-15)23-12-20-21-22-23/h7-12H,3-6H2,1-2H3,(H,19,24).